The normalized spacial score (nSPS) is 53.7. The first-order chi connectivity index (χ1) is 18.8. The van der Waals surface area contributed by atoms with E-state index < -0.39 is 0 Å². The van der Waals surface area contributed by atoms with Crippen LogP contribution in [0.15, 0.2) is 0 Å². The van der Waals surface area contributed by atoms with Gasteiger partial charge in [-0.3, -0.25) is 0 Å². The molecular formula is C37H50O2. The third-order valence-corrected chi connectivity index (χ3v) is 15.4. The molecule has 0 atom stereocenters. The summed E-state index contributed by atoms with van der Waals surface area (Å²) in [7, 11) is 0. The Bertz CT molecular complexity index is 1150. The summed E-state index contributed by atoms with van der Waals surface area (Å²) in [4.78, 5) is 0. The van der Waals surface area contributed by atoms with Crippen LogP contribution >= 0.6 is 0 Å². The molecule has 0 aromatic heterocycles. The number of hydrogen-bond acceptors (Lipinski definition) is 2. The Morgan fingerprint density at radius 2 is 0.615 bits per heavy atom. The molecule has 0 heterocycles. The molecule has 12 bridgehead atoms. The second-order valence-electron chi connectivity index (χ2n) is 18.0. The second-order valence-corrected chi connectivity index (χ2v) is 18.0. The number of phenolic OH excluding ortho intramolecular Hbond substituents is 2. The van der Waals surface area contributed by atoms with Crippen LogP contribution in [-0.2, 0) is 16.2 Å². The first kappa shape index (κ1) is 23.4. The van der Waals surface area contributed by atoms with Crippen molar-refractivity contribution in [3.8, 4) is 11.5 Å². The van der Waals surface area contributed by atoms with E-state index in [-0.39, 0.29) is 16.2 Å². The van der Waals surface area contributed by atoms with Gasteiger partial charge in [0.2, 0.25) is 0 Å². The Kier molecular flexibility index (Phi) is 4.45. The molecule has 0 aliphatic heterocycles. The Morgan fingerprint density at radius 1 is 0.385 bits per heavy atom. The molecular weight excluding hydrogens is 476 g/mol. The Morgan fingerprint density at radius 3 is 0.923 bits per heavy atom. The third kappa shape index (κ3) is 3.01. The number of hydrogen-bond donors (Lipinski definition) is 2. The Labute approximate surface area is 235 Å². The smallest absolute Gasteiger partial charge is 0.161 e. The first-order valence-corrected chi connectivity index (χ1v) is 17.4. The summed E-state index contributed by atoms with van der Waals surface area (Å²) in [5, 5.41) is 24.8. The predicted molar refractivity (Wildman–Crippen MR) is 154 cm³/mol. The topological polar surface area (TPSA) is 40.5 Å². The van der Waals surface area contributed by atoms with Gasteiger partial charge < -0.3 is 10.2 Å². The molecule has 39 heavy (non-hydrogen) atoms. The van der Waals surface area contributed by atoms with E-state index in [9.17, 15) is 10.2 Å². The second kappa shape index (κ2) is 7.42. The van der Waals surface area contributed by atoms with Gasteiger partial charge in [0.1, 0.15) is 0 Å². The Hall–Kier alpha value is -1.18. The summed E-state index contributed by atoms with van der Waals surface area (Å²) in [6.07, 6.45) is 24.7. The number of aromatic hydroxyl groups is 2. The van der Waals surface area contributed by atoms with Crippen LogP contribution in [0.25, 0.3) is 0 Å². The molecule has 0 spiro atoms. The SMILES string of the molecule is Cc1c(C23CC4CC(CC(C4)C2)C3)c(O)c(O)c(C23CC4CC(CC(C4)C2)C3)c1C12CC3CC(CC(C3)C1)C2. The zero-order chi connectivity index (χ0) is 25.9. The van der Waals surface area contributed by atoms with Crippen molar-refractivity contribution in [1.29, 1.82) is 0 Å². The lowest BCUT2D eigenvalue weighted by Crippen LogP contribution is -2.53. The number of phenols is 2. The minimum atomic E-state index is 0.122. The summed E-state index contributed by atoms with van der Waals surface area (Å²) < 4.78 is 0. The maximum Gasteiger partial charge on any atom is 0.161 e. The van der Waals surface area contributed by atoms with Crippen molar-refractivity contribution in [2.45, 2.75) is 139 Å². The molecule has 1 aromatic rings. The molecule has 2 N–H and O–H groups in total. The molecule has 12 aliphatic rings. The molecule has 12 aliphatic carbocycles. The zero-order valence-electron chi connectivity index (χ0n) is 24.3. The van der Waals surface area contributed by atoms with Gasteiger partial charge in [-0.05, 0) is 192 Å². The van der Waals surface area contributed by atoms with Crippen LogP contribution in [0.2, 0.25) is 0 Å². The minimum absolute atomic E-state index is 0.122. The van der Waals surface area contributed by atoms with Crippen molar-refractivity contribution in [3.63, 3.8) is 0 Å². The van der Waals surface area contributed by atoms with Gasteiger partial charge in [-0.15, -0.1) is 0 Å². The number of rotatable bonds is 3. The molecule has 2 heteroatoms. The minimum Gasteiger partial charge on any atom is -0.504 e. The van der Waals surface area contributed by atoms with Crippen LogP contribution in [0.5, 0.6) is 11.5 Å². The Balaban J connectivity index is 1.22. The fraction of sp³-hybridized carbons (Fsp3) is 0.838. The van der Waals surface area contributed by atoms with Crippen LogP contribution < -0.4 is 0 Å². The summed E-state index contributed by atoms with van der Waals surface area (Å²) in [5.41, 5.74) is 6.23. The molecule has 12 saturated carbocycles. The molecule has 210 valence electrons. The molecule has 0 unspecified atom stereocenters. The number of benzene rings is 1. The van der Waals surface area contributed by atoms with Crippen molar-refractivity contribution in [1.82, 2.24) is 0 Å². The van der Waals surface area contributed by atoms with E-state index >= 15 is 0 Å². The lowest BCUT2D eigenvalue weighted by Gasteiger charge is -2.62. The lowest BCUT2D eigenvalue weighted by atomic mass is 9.42. The van der Waals surface area contributed by atoms with E-state index in [4.69, 9.17) is 0 Å². The van der Waals surface area contributed by atoms with E-state index in [1.54, 1.807) is 5.56 Å². The van der Waals surface area contributed by atoms with Gasteiger partial charge in [-0.1, -0.05) is 0 Å². The van der Waals surface area contributed by atoms with E-state index in [1.165, 1.54) is 132 Å². The van der Waals surface area contributed by atoms with Crippen molar-refractivity contribution in [2.75, 3.05) is 0 Å². The molecule has 1 aromatic carbocycles. The van der Waals surface area contributed by atoms with Gasteiger partial charge in [-0.25, -0.2) is 0 Å². The standard InChI is InChI=1S/C37H50O2/c1-20-30(35-11-21-2-22(12-35)4-23(3-21)13-35)32(37-17-27-8-28(18-37)10-29(9-27)19-37)34(39)33(38)31(20)36-14-24-5-25(15-36)7-26(6-24)16-36/h21-29,38-39H,2-19H2,1H3. The van der Waals surface area contributed by atoms with Gasteiger partial charge in [0, 0.05) is 22.0 Å². The van der Waals surface area contributed by atoms with Crippen molar-refractivity contribution in [3.05, 3.63) is 22.3 Å². The van der Waals surface area contributed by atoms with E-state index in [1.807, 2.05) is 0 Å². The van der Waals surface area contributed by atoms with E-state index in [0.717, 1.165) is 53.3 Å². The maximum absolute atomic E-state index is 12.5. The highest BCUT2D eigenvalue weighted by Gasteiger charge is 2.60. The van der Waals surface area contributed by atoms with E-state index in [0.29, 0.717) is 11.5 Å². The van der Waals surface area contributed by atoms with Crippen LogP contribution in [0.1, 0.15) is 138 Å². The van der Waals surface area contributed by atoms with Crippen molar-refractivity contribution >= 4 is 0 Å². The van der Waals surface area contributed by atoms with Crippen LogP contribution in [-0.4, -0.2) is 10.2 Å². The molecule has 12 fully saturated rings. The predicted octanol–water partition coefficient (Wildman–Crippen LogP) is 8.81. The fourth-order valence-corrected chi connectivity index (χ4v) is 15.9. The van der Waals surface area contributed by atoms with E-state index in [2.05, 4.69) is 6.92 Å². The molecule has 0 radical (unpaired) electrons. The highest BCUT2D eigenvalue weighted by molar-refractivity contribution is 5.66. The highest BCUT2D eigenvalue weighted by Crippen LogP contribution is 2.70. The van der Waals surface area contributed by atoms with Crippen LogP contribution in [0.4, 0.5) is 0 Å². The monoisotopic (exact) mass is 526 g/mol. The molecule has 0 amide bonds. The van der Waals surface area contributed by atoms with Gasteiger partial charge in [0.05, 0.1) is 0 Å². The average Bonchev–Trinajstić information content (AvgIpc) is 2.83. The van der Waals surface area contributed by atoms with Crippen molar-refractivity contribution < 1.29 is 10.2 Å². The van der Waals surface area contributed by atoms with Gasteiger partial charge in [-0.2, -0.15) is 0 Å². The van der Waals surface area contributed by atoms with Crippen LogP contribution in [0.3, 0.4) is 0 Å². The summed E-state index contributed by atoms with van der Waals surface area (Å²) in [6.45, 7) is 2.46. The largest absolute Gasteiger partial charge is 0.504 e. The molecule has 13 rings (SSSR count). The van der Waals surface area contributed by atoms with Crippen LogP contribution in [0, 0.1) is 60.2 Å². The van der Waals surface area contributed by atoms with Gasteiger partial charge in [0.15, 0.2) is 11.5 Å². The quantitative estimate of drug-likeness (QED) is 0.386. The maximum atomic E-state index is 12.5. The molecule has 2 nitrogen and oxygen atoms in total. The lowest BCUT2D eigenvalue weighted by molar-refractivity contribution is -0.0200. The third-order valence-electron chi connectivity index (χ3n) is 15.4. The average molecular weight is 527 g/mol. The summed E-state index contributed by atoms with van der Waals surface area (Å²) >= 11 is 0. The summed E-state index contributed by atoms with van der Waals surface area (Å²) in [5.74, 6) is 8.55. The fourth-order valence-electron chi connectivity index (χ4n) is 15.9. The van der Waals surface area contributed by atoms with Gasteiger partial charge in [0.25, 0.3) is 0 Å². The van der Waals surface area contributed by atoms with Gasteiger partial charge >= 0.3 is 0 Å². The first-order valence-electron chi connectivity index (χ1n) is 17.4. The van der Waals surface area contributed by atoms with Crippen molar-refractivity contribution in [2.24, 2.45) is 53.3 Å². The molecule has 0 saturated heterocycles. The zero-order valence-corrected chi connectivity index (χ0v) is 24.3. The highest BCUT2D eigenvalue weighted by atomic mass is 16.3. The summed E-state index contributed by atoms with van der Waals surface area (Å²) in [6, 6.07) is 0.